The predicted molar refractivity (Wildman–Crippen MR) is 80.7 cm³/mol. The van der Waals surface area contributed by atoms with Crippen LogP contribution in [0.2, 0.25) is 5.02 Å². The molecule has 1 aliphatic carbocycles. The molecular formula is C16H19ClN2O2. The lowest BCUT2D eigenvalue weighted by molar-refractivity contribution is -0.150. The average molecular weight is 307 g/mol. The maximum absolute atomic E-state index is 12.7. The van der Waals surface area contributed by atoms with Gasteiger partial charge in [-0.2, -0.15) is 0 Å². The fraction of sp³-hybridized carbons (Fsp3) is 0.500. The number of nitrogens with one attached hydrogen (secondary N) is 1. The van der Waals surface area contributed by atoms with E-state index in [4.69, 9.17) is 11.6 Å². The predicted octanol–water partition coefficient (Wildman–Crippen LogP) is 2.36. The first-order valence-corrected chi connectivity index (χ1v) is 7.83. The zero-order valence-electron chi connectivity index (χ0n) is 12.0. The van der Waals surface area contributed by atoms with Crippen molar-refractivity contribution < 1.29 is 9.59 Å². The SMILES string of the molecule is CCC1C(=O)NC(C2CC2)C(=O)N1Cc1cccc(Cl)c1. The zero-order valence-corrected chi connectivity index (χ0v) is 12.8. The summed E-state index contributed by atoms with van der Waals surface area (Å²) in [5.74, 6) is 0.334. The van der Waals surface area contributed by atoms with Gasteiger partial charge in [0.25, 0.3) is 0 Å². The Bertz CT molecular complexity index is 571. The fourth-order valence-corrected chi connectivity index (χ4v) is 3.17. The molecule has 0 radical (unpaired) electrons. The average Bonchev–Trinajstić information content (AvgIpc) is 3.27. The van der Waals surface area contributed by atoms with Crippen LogP contribution in [0.15, 0.2) is 24.3 Å². The van der Waals surface area contributed by atoms with E-state index in [-0.39, 0.29) is 23.9 Å². The Morgan fingerprint density at radius 3 is 2.71 bits per heavy atom. The standard InChI is InChI=1S/C16H19ClN2O2/c1-2-13-15(20)18-14(11-6-7-11)16(21)19(13)9-10-4-3-5-12(17)8-10/h3-5,8,11,13-14H,2,6-7,9H2,1H3,(H,18,20). The van der Waals surface area contributed by atoms with Crippen LogP contribution in [0.5, 0.6) is 0 Å². The molecule has 2 unspecified atom stereocenters. The third kappa shape index (κ3) is 2.91. The number of nitrogens with zero attached hydrogens (tertiary/aromatic N) is 1. The van der Waals surface area contributed by atoms with Gasteiger partial charge in [-0.25, -0.2) is 0 Å². The van der Waals surface area contributed by atoms with Gasteiger partial charge >= 0.3 is 0 Å². The fourth-order valence-electron chi connectivity index (χ4n) is 2.96. The third-order valence-corrected chi connectivity index (χ3v) is 4.48. The number of halogens is 1. The van der Waals surface area contributed by atoms with Gasteiger partial charge in [-0.15, -0.1) is 0 Å². The minimum atomic E-state index is -0.383. The minimum absolute atomic E-state index is 0.0315. The molecule has 21 heavy (non-hydrogen) atoms. The van der Waals surface area contributed by atoms with Crippen LogP contribution < -0.4 is 5.32 Å². The van der Waals surface area contributed by atoms with E-state index in [1.807, 2.05) is 25.1 Å². The van der Waals surface area contributed by atoms with Crippen molar-refractivity contribution in [3.8, 4) is 0 Å². The number of hydrogen-bond donors (Lipinski definition) is 1. The van der Waals surface area contributed by atoms with Gasteiger partial charge in [0.05, 0.1) is 0 Å². The van der Waals surface area contributed by atoms with Crippen molar-refractivity contribution in [2.24, 2.45) is 5.92 Å². The molecular weight excluding hydrogens is 288 g/mol. The monoisotopic (exact) mass is 306 g/mol. The summed E-state index contributed by atoms with van der Waals surface area (Å²) in [5, 5.41) is 3.55. The van der Waals surface area contributed by atoms with Gasteiger partial charge in [-0.3, -0.25) is 9.59 Å². The minimum Gasteiger partial charge on any atom is -0.342 e. The van der Waals surface area contributed by atoms with E-state index in [1.54, 1.807) is 11.0 Å². The Morgan fingerprint density at radius 1 is 1.33 bits per heavy atom. The van der Waals surface area contributed by atoms with Crippen LogP contribution in [-0.2, 0) is 16.1 Å². The molecule has 0 aromatic heterocycles. The van der Waals surface area contributed by atoms with Crippen molar-refractivity contribution in [3.05, 3.63) is 34.9 Å². The number of benzene rings is 1. The molecule has 2 atom stereocenters. The van der Waals surface area contributed by atoms with E-state index in [0.29, 0.717) is 23.9 Å². The van der Waals surface area contributed by atoms with Crippen LogP contribution in [0, 0.1) is 5.92 Å². The molecule has 1 aliphatic heterocycles. The smallest absolute Gasteiger partial charge is 0.246 e. The summed E-state index contributed by atoms with van der Waals surface area (Å²) in [6, 6.07) is 6.74. The van der Waals surface area contributed by atoms with Crippen LogP contribution in [0.25, 0.3) is 0 Å². The van der Waals surface area contributed by atoms with Crippen molar-refractivity contribution >= 4 is 23.4 Å². The molecule has 0 bridgehead atoms. The summed E-state index contributed by atoms with van der Waals surface area (Å²) in [4.78, 5) is 26.7. The van der Waals surface area contributed by atoms with Crippen molar-refractivity contribution in [1.82, 2.24) is 10.2 Å². The molecule has 1 saturated heterocycles. The van der Waals surface area contributed by atoms with Crippen LogP contribution in [0.1, 0.15) is 31.7 Å². The van der Waals surface area contributed by atoms with E-state index in [2.05, 4.69) is 5.32 Å². The van der Waals surface area contributed by atoms with E-state index < -0.39 is 0 Å². The second kappa shape index (κ2) is 5.68. The Balaban J connectivity index is 1.84. The lowest BCUT2D eigenvalue weighted by atomic mass is 10.0. The number of piperazine rings is 1. The Hall–Kier alpha value is -1.55. The Labute approximate surface area is 129 Å². The largest absolute Gasteiger partial charge is 0.342 e. The molecule has 112 valence electrons. The normalized spacial score (nSPS) is 25.9. The van der Waals surface area contributed by atoms with Crippen molar-refractivity contribution in [2.75, 3.05) is 0 Å². The van der Waals surface area contributed by atoms with Gasteiger partial charge in [0.2, 0.25) is 11.8 Å². The van der Waals surface area contributed by atoms with Gasteiger partial charge in [-0.05, 0) is 42.9 Å². The maximum atomic E-state index is 12.7. The molecule has 3 rings (SSSR count). The topological polar surface area (TPSA) is 49.4 Å². The number of hydrogen-bond acceptors (Lipinski definition) is 2. The molecule has 2 amide bonds. The quantitative estimate of drug-likeness (QED) is 0.928. The highest BCUT2D eigenvalue weighted by atomic mass is 35.5. The molecule has 2 fully saturated rings. The van der Waals surface area contributed by atoms with Gasteiger partial charge in [0, 0.05) is 11.6 Å². The summed E-state index contributed by atoms with van der Waals surface area (Å²) in [6.07, 6.45) is 2.67. The number of carbonyl (C=O) groups is 2. The van der Waals surface area contributed by atoms with Gasteiger partial charge in [-0.1, -0.05) is 30.7 Å². The first-order chi connectivity index (χ1) is 10.1. The van der Waals surface area contributed by atoms with Gasteiger partial charge in [0.15, 0.2) is 0 Å². The molecule has 4 nitrogen and oxygen atoms in total. The highest BCUT2D eigenvalue weighted by Gasteiger charge is 2.46. The number of rotatable bonds is 4. The second-order valence-corrected chi connectivity index (χ2v) is 6.28. The van der Waals surface area contributed by atoms with Crippen LogP contribution in [0.4, 0.5) is 0 Å². The highest BCUT2D eigenvalue weighted by Crippen LogP contribution is 2.35. The maximum Gasteiger partial charge on any atom is 0.246 e. The van der Waals surface area contributed by atoms with Crippen LogP contribution in [0.3, 0.4) is 0 Å². The molecule has 1 aromatic rings. The number of carbonyl (C=O) groups excluding carboxylic acids is 2. The molecule has 5 heteroatoms. The summed E-state index contributed by atoms with van der Waals surface area (Å²) >= 11 is 6.00. The molecule has 0 spiro atoms. The van der Waals surface area contributed by atoms with Crippen molar-refractivity contribution in [3.63, 3.8) is 0 Å². The molecule has 1 saturated carbocycles. The molecule has 2 aliphatic rings. The van der Waals surface area contributed by atoms with E-state index >= 15 is 0 Å². The summed E-state index contributed by atoms with van der Waals surface area (Å²) in [7, 11) is 0. The second-order valence-electron chi connectivity index (χ2n) is 5.84. The first-order valence-electron chi connectivity index (χ1n) is 7.45. The zero-order chi connectivity index (χ0) is 15.0. The van der Waals surface area contributed by atoms with Crippen molar-refractivity contribution in [1.29, 1.82) is 0 Å². The van der Waals surface area contributed by atoms with Crippen LogP contribution in [-0.4, -0.2) is 28.8 Å². The summed E-state index contributed by atoms with van der Waals surface area (Å²) in [5.41, 5.74) is 0.957. The Morgan fingerprint density at radius 2 is 2.10 bits per heavy atom. The van der Waals surface area contributed by atoms with Crippen LogP contribution >= 0.6 is 11.6 Å². The number of amides is 2. The molecule has 1 heterocycles. The lowest BCUT2D eigenvalue weighted by Gasteiger charge is -2.39. The van der Waals surface area contributed by atoms with E-state index in [1.165, 1.54) is 0 Å². The van der Waals surface area contributed by atoms with E-state index in [0.717, 1.165) is 18.4 Å². The Kier molecular flexibility index (Phi) is 3.89. The lowest BCUT2D eigenvalue weighted by Crippen LogP contribution is -2.63. The van der Waals surface area contributed by atoms with Gasteiger partial charge < -0.3 is 10.2 Å². The molecule has 1 aromatic carbocycles. The van der Waals surface area contributed by atoms with Gasteiger partial charge in [0.1, 0.15) is 12.1 Å². The van der Waals surface area contributed by atoms with E-state index in [9.17, 15) is 9.59 Å². The molecule has 1 N–H and O–H groups in total. The summed E-state index contributed by atoms with van der Waals surface area (Å²) in [6.45, 7) is 2.37. The summed E-state index contributed by atoms with van der Waals surface area (Å²) < 4.78 is 0. The third-order valence-electron chi connectivity index (χ3n) is 4.25. The van der Waals surface area contributed by atoms with Crippen molar-refractivity contribution in [2.45, 2.75) is 44.8 Å². The first kappa shape index (κ1) is 14.4. The highest BCUT2D eigenvalue weighted by molar-refractivity contribution is 6.30.